The molecule has 16 heavy (non-hydrogen) atoms. The van der Waals surface area contributed by atoms with Crippen LogP contribution < -0.4 is 4.74 Å². The predicted molar refractivity (Wildman–Crippen MR) is 59.8 cm³/mol. The van der Waals surface area contributed by atoms with Crippen molar-refractivity contribution in [2.24, 2.45) is 0 Å². The second-order valence-corrected chi connectivity index (χ2v) is 3.44. The van der Waals surface area contributed by atoms with E-state index in [4.69, 9.17) is 14.2 Å². The lowest BCUT2D eigenvalue weighted by molar-refractivity contribution is 0.0503. The van der Waals surface area contributed by atoms with Crippen molar-refractivity contribution in [1.29, 1.82) is 0 Å². The van der Waals surface area contributed by atoms with E-state index in [1.54, 1.807) is 7.11 Å². The Balaban J connectivity index is 3.08. The second-order valence-electron chi connectivity index (χ2n) is 3.44. The summed E-state index contributed by atoms with van der Waals surface area (Å²) in [6.45, 7) is 2.45. The number of ether oxygens (including phenoxy) is 3. The molecule has 0 radical (unpaired) electrons. The molecule has 0 aliphatic rings. The van der Waals surface area contributed by atoms with E-state index < -0.39 is 0 Å². The number of methoxy groups -OCH3 is 2. The molecule has 0 atom stereocenters. The zero-order valence-corrected chi connectivity index (χ0v) is 9.78. The number of carbonyl (C=O) groups excluding carboxylic acids is 1. The predicted octanol–water partition coefficient (Wildman–Crippen LogP) is 1.94. The van der Waals surface area contributed by atoms with Gasteiger partial charge in [0, 0.05) is 14.2 Å². The molecule has 88 valence electrons. The Bertz CT molecular complexity index is 360. The second kappa shape index (κ2) is 6.25. The summed E-state index contributed by atoms with van der Waals surface area (Å²) in [5.41, 5.74) is 2.36. The Morgan fingerprint density at radius 3 is 2.56 bits per heavy atom. The van der Waals surface area contributed by atoms with Crippen molar-refractivity contribution >= 4 is 6.29 Å². The van der Waals surface area contributed by atoms with E-state index in [9.17, 15) is 4.79 Å². The van der Waals surface area contributed by atoms with E-state index in [2.05, 4.69) is 0 Å². The van der Waals surface area contributed by atoms with Crippen LogP contribution in [0.4, 0.5) is 0 Å². The van der Waals surface area contributed by atoms with Crippen molar-refractivity contribution in [2.75, 3.05) is 21.0 Å². The van der Waals surface area contributed by atoms with E-state index in [0.29, 0.717) is 17.9 Å². The summed E-state index contributed by atoms with van der Waals surface area (Å²) in [4.78, 5) is 11.0. The number of benzene rings is 1. The SMILES string of the molecule is COCOc1cc(C)cc(COC)c1C=O. The highest BCUT2D eigenvalue weighted by atomic mass is 16.7. The zero-order chi connectivity index (χ0) is 12.0. The molecule has 1 aromatic rings. The van der Waals surface area contributed by atoms with Crippen LogP contribution in [-0.4, -0.2) is 27.3 Å². The molecule has 0 aromatic heterocycles. The average molecular weight is 224 g/mol. The number of aryl methyl sites for hydroxylation is 1. The average Bonchev–Trinajstić information content (AvgIpc) is 2.26. The van der Waals surface area contributed by atoms with Gasteiger partial charge >= 0.3 is 0 Å². The van der Waals surface area contributed by atoms with Crippen LogP contribution in [0.3, 0.4) is 0 Å². The molecule has 4 heteroatoms. The summed E-state index contributed by atoms with van der Waals surface area (Å²) in [7, 11) is 3.12. The molecule has 0 aliphatic carbocycles. The maximum Gasteiger partial charge on any atom is 0.188 e. The van der Waals surface area contributed by atoms with Crippen LogP contribution in [-0.2, 0) is 16.1 Å². The molecule has 0 spiro atoms. The summed E-state index contributed by atoms with van der Waals surface area (Å²) in [6.07, 6.45) is 0.777. The Labute approximate surface area is 95.1 Å². The smallest absolute Gasteiger partial charge is 0.188 e. The van der Waals surface area contributed by atoms with E-state index >= 15 is 0 Å². The van der Waals surface area contributed by atoms with Crippen LogP contribution in [0.1, 0.15) is 21.5 Å². The van der Waals surface area contributed by atoms with E-state index in [1.807, 2.05) is 19.1 Å². The molecule has 0 unspecified atom stereocenters. The highest BCUT2D eigenvalue weighted by molar-refractivity contribution is 5.82. The fourth-order valence-electron chi connectivity index (χ4n) is 1.49. The third-order valence-corrected chi connectivity index (χ3v) is 2.12. The number of hydrogen-bond donors (Lipinski definition) is 0. The molecule has 0 amide bonds. The summed E-state index contributed by atoms with van der Waals surface area (Å²) in [5, 5.41) is 0. The first-order valence-electron chi connectivity index (χ1n) is 4.92. The Morgan fingerprint density at radius 2 is 2.00 bits per heavy atom. The lowest BCUT2D eigenvalue weighted by atomic mass is 10.0. The largest absolute Gasteiger partial charge is 0.467 e. The van der Waals surface area contributed by atoms with Gasteiger partial charge in [-0.05, 0) is 24.1 Å². The number of aldehydes is 1. The van der Waals surface area contributed by atoms with Crippen LogP contribution >= 0.6 is 0 Å². The van der Waals surface area contributed by atoms with Gasteiger partial charge < -0.3 is 14.2 Å². The minimum Gasteiger partial charge on any atom is -0.467 e. The van der Waals surface area contributed by atoms with Crippen LogP contribution in [0.5, 0.6) is 5.75 Å². The first-order valence-corrected chi connectivity index (χ1v) is 4.92. The van der Waals surface area contributed by atoms with Crippen LogP contribution in [0.15, 0.2) is 12.1 Å². The normalized spacial score (nSPS) is 10.2. The molecular formula is C12H16O4. The minimum atomic E-state index is 0.122. The number of rotatable bonds is 6. The molecule has 0 N–H and O–H groups in total. The molecule has 0 saturated heterocycles. The maximum atomic E-state index is 11.0. The summed E-state index contributed by atoms with van der Waals surface area (Å²) >= 11 is 0. The Kier molecular flexibility index (Phi) is 4.95. The number of carbonyl (C=O) groups is 1. The molecule has 0 heterocycles. The number of hydrogen-bond acceptors (Lipinski definition) is 4. The van der Waals surface area contributed by atoms with Gasteiger partial charge in [0.1, 0.15) is 5.75 Å². The van der Waals surface area contributed by atoms with Crippen molar-refractivity contribution in [3.05, 3.63) is 28.8 Å². The minimum absolute atomic E-state index is 0.122. The first kappa shape index (κ1) is 12.7. The van der Waals surface area contributed by atoms with Crippen LogP contribution in [0.2, 0.25) is 0 Å². The lowest BCUT2D eigenvalue weighted by Gasteiger charge is -2.12. The molecule has 0 aliphatic heterocycles. The van der Waals surface area contributed by atoms with Gasteiger partial charge in [-0.25, -0.2) is 0 Å². The van der Waals surface area contributed by atoms with Gasteiger partial charge in [-0.3, -0.25) is 4.79 Å². The molecule has 4 nitrogen and oxygen atoms in total. The molecule has 1 rings (SSSR count). The van der Waals surface area contributed by atoms with Crippen LogP contribution in [0.25, 0.3) is 0 Å². The van der Waals surface area contributed by atoms with Gasteiger partial charge in [0.25, 0.3) is 0 Å². The van der Waals surface area contributed by atoms with E-state index in [0.717, 1.165) is 17.4 Å². The van der Waals surface area contributed by atoms with Gasteiger partial charge in [-0.1, -0.05) is 6.07 Å². The summed E-state index contributed by atoms with van der Waals surface area (Å²) in [5.74, 6) is 0.531. The molecule has 0 saturated carbocycles. The topological polar surface area (TPSA) is 44.8 Å². The van der Waals surface area contributed by atoms with Crippen molar-refractivity contribution in [1.82, 2.24) is 0 Å². The lowest BCUT2D eigenvalue weighted by Crippen LogP contribution is -2.05. The van der Waals surface area contributed by atoms with Crippen molar-refractivity contribution in [2.45, 2.75) is 13.5 Å². The monoisotopic (exact) mass is 224 g/mol. The molecular weight excluding hydrogens is 208 g/mol. The third kappa shape index (κ3) is 3.05. The third-order valence-electron chi connectivity index (χ3n) is 2.12. The molecule has 1 aromatic carbocycles. The highest BCUT2D eigenvalue weighted by Gasteiger charge is 2.10. The maximum absolute atomic E-state index is 11.0. The molecule has 0 fully saturated rings. The quantitative estimate of drug-likeness (QED) is 0.547. The highest BCUT2D eigenvalue weighted by Crippen LogP contribution is 2.23. The standard InChI is InChI=1S/C12H16O4/c1-9-4-10(7-14-2)11(6-13)12(5-9)16-8-15-3/h4-6H,7-8H2,1-3H3. The van der Waals surface area contributed by atoms with Crippen molar-refractivity contribution in [3.63, 3.8) is 0 Å². The van der Waals surface area contributed by atoms with E-state index in [-0.39, 0.29) is 6.79 Å². The zero-order valence-electron chi connectivity index (χ0n) is 9.78. The summed E-state index contributed by atoms with van der Waals surface area (Å²) in [6, 6.07) is 3.72. The Morgan fingerprint density at radius 1 is 1.25 bits per heavy atom. The van der Waals surface area contributed by atoms with Gasteiger partial charge in [0.15, 0.2) is 13.1 Å². The Hall–Kier alpha value is -1.39. The molecule has 0 bridgehead atoms. The van der Waals surface area contributed by atoms with Gasteiger partial charge in [0.2, 0.25) is 0 Å². The van der Waals surface area contributed by atoms with Crippen molar-refractivity contribution < 1.29 is 19.0 Å². The van der Waals surface area contributed by atoms with Gasteiger partial charge in [-0.2, -0.15) is 0 Å². The first-order chi connectivity index (χ1) is 7.72. The fourth-order valence-corrected chi connectivity index (χ4v) is 1.49. The van der Waals surface area contributed by atoms with Gasteiger partial charge in [-0.15, -0.1) is 0 Å². The van der Waals surface area contributed by atoms with Gasteiger partial charge in [0.05, 0.1) is 12.2 Å². The van der Waals surface area contributed by atoms with Crippen LogP contribution in [0, 0.1) is 6.92 Å². The summed E-state index contributed by atoms with van der Waals surface area (Å²) < 4.78 is 15.2. The fraction of sp³-hybridized carbons (Fsp3) is 0.417. The van der Waals surface area contributed by atoms with Crippen molar-refractivity contribution in [3.8, 4) is 5.75 Å². The van der Waals surface area contributed by atoms with E-state index in [1.165, 1.54) is 7.11 Å².